The summed E-state index contributed by atoms with van der Waals surface area (Å²) in [6.45, 7) is 12.0. The lowest BCUT2D eigenvalue weighted by Crippen LogP contribution is -2.31. The molecular formula is C20H27N5O. The first-order valence-electron chi connectivity index (χ1n) is 9.00. The van der Waals surface area contributed by atoms with Crippen LogP contribution in [0.2, 0.25) is 0 Å². The maximum atomic E-state index is 12.3. The van der Waals surface area contributed by atoms with Crippen molar-refractivity contribution in [2.45, 2.75) is 59.3 Å². The minimum absolute atomic E-state index is 0.0357. The van der Waals surface area contributed by atoms with Crippen molar-refractivity contribution in [2.24, 2.45) is 0 Å². The molecule has 0 amide bonds. The monoisotopic (exact) mass is 353 g/mol. The number of hydrogen-bond acceptors (Lipinski definition) is 4. The maximum absolute atomic E-state index is 12.3. The molecule has 3 aromatic rings. The first-order valence-corrected chi connectivity index (χ1v) is 9.00. The van der Waals surface area contributed by atoms with E-state index in [-0.39, 0.29) is 11.1 Å². The molecule has 26 heavy (non-hydrogen) atoms. The second kappa shape index (κ2) is 7.03. The van der Waals surface area contributed by atoms with Gasteiger partial charge in [-0.1, -0.05) is 12.1 Å². The lowest BCUT2D eigenvalue weighted by Gasteiger charge is -2.25. The number of nitrogens with zero attached hydrogens (tertiary/aromatic N) is 4. The molecule has 0 spiro atoms. The van der Waals surface area contributed by atoms with Crippen LogP contribution < -0.4 is 5.56 Å². The highest BCUT2D eigenvalue weighted by Crippen LogP contribution is 2.16. The van der Waals surface area contributed by atoms with Crippen molar-refractivity contribution < 1.29 is 0 Å². The molecule has 0 saturated heterocycles. The number of nitrogens with one attached hydrogen (secondary N) is 1. The van der Waals surface area contributed by atoms with Gasteiger partial charge in [-0.15, -0.1) is 0 Å². The number of hydrogen-bond donors (Lipinski definition) is 1. The second-order valence-corrected chi connectivity index (χ2v) is 7.99. The van der Waals surface area contributed by atoms with Crippen LogP contribution >= 0.6 is 0 Å². The average Bonchev–Trinajstić information content (AvgIpc) is 3.03. The lowest BCUT2D eigenvalue weighted by atomic mass is 10.1. The van der Waals surface area contributed by atoms with Crippen molar-refractivity contribution >= 4 is 10.9 Å². The molecule has 1 aromatic carbocycles. The van der Waals surface area contributed by atoms with Gasteiger partial charge in [-0.05, 0) is 46.8 Å². The molecule has 6 nitrogen and oxygen atoms in total. The quantitative estimate of drug-likeness (QED) is 0.764. The van der Waals surface area contributed by atoms with Crippen LogP contribution in [0.25, 0.3) is 10.9 Å². The van der Waals surface area contributed by atoms with Crippen molar-refractivity contribution in [3.63, 3.8) is 0 Å². The van der Waals surface area contributed by atoms with Gasteiger partial charge in [-0.3, -0.25) is 14.4 Å². The largest absolute Gasteiger partial charge is 0.309 e. The molecule has 2 aromatic heterocycles. The van der Waals surface area contributed by atoms with Crippen molar-refractivity contribution in [3.05, 3.63) is 58.4 Å². The number of aromatic amines is 1. The molecule has 0 aliphatic rings. The Labute approximate surface area is 153 Å². The van der Waals surface area contributed by atoms with E-state index in [0.717, 1.165) is 17.6 Å². The summed E-state index contributed by atoms with van der Waals surface area (Å²) in [7, 11) is 0. The van der Waals surface area contributed by atoms with Crippen molar-refractivity contribution in [3.8, 4) is 0 Å². The standard InChI is InChI=1S/C20H27N5O/c1-14(2)24(11-15-10-21-25(12-15)20(3,4)5)13-18-22-17-9-7-6-8-16(17)19(26)23-18/h6-10,12,14H,11,13H2,1-5H3,(H,22,23,26). The van der Waals surface area contributed by atoms with Crippen molar-refractivity contribution in [2.75, 3.05) is 0 Å². The minimum Gasteiger partial charge on any atom is -0.309 e. The third-order valence-corrected chi connectivity index (χ3v) is 4.45. The van der Waals surface area contributed by atoms with Gasteiger partial charge in [-0.25, -0.2) is 4.98 Å². The predicted octanol–water partition coefficient (Wildman–Crippen LogP) is 3.29. The van der Waals surface area contributed by atoms with Crippen molar-refractivity contribution in [1.82, 2.24) is 24.6 Å². The Morgan fingerprint density at radius 2 is 1.92 bits per heavy atom. The molecule has 6 heteroatoms. The lowest BCUT2D eigenvalue weighted by molar-refractivity contribution is 0.198. The average molecular weight is 353 g/mol. The van der Waals surface area contributed by atoms with Gasteiger partial charge in [-0.2, -0.15) is 5.10 Å². The number of rotatable bonds is 5. The molecule has 0 aliphatic heterocycles. The molecule has 1 N–H and O–H groups in total. The van der Waals surface area contributed by atoms with E-state index in [1.807, 2.05) is 29.1 Å². The van der Waals surface area contributed by atoms with Gasteiger partial charge >= 0.3 is 0 Å². The summed E-state index contributed by atoms with van der Waals surface area (Å²) in [6.07, 6.45) is 4.00. The van der Waals surface area contributed by atoms with Gasteiger partial charge < -0.3 is 4.98 Å². The number of aromatic nitrogens is 4. The molecule has 0 radical (unpaired) electrons. The van der Waals surface area contributed by atoms with E-state index in [1.54, 1.807) is 6.07 Å². The summed E-state index contributed by atoms with van der Waals surface area (Å²) >= 11 is 0. The van der Waals surface area contributed by atoms with E-state index in [0.29, 0.717) is 23.8 Å². The Bertz CT molecular complexity index is 948. The fourth-order valence-electron chi connectivity index (χ4n) is 2.87. The van der Waals surface area contributed by atoms with E-state index in [9.17, 15) is 4.79 Å². The summed E-state index contributed by atoms with van der Waals surface area (Å²) in [4.78, 5) is 22.1. The van der Waals surface area contributed by atoms with Gasteiger partial charge in [0.05, 0.1) is 29.2 Å². The predicted molar refractivity (Wildman–Crippen MR) is 104 cm³/mol. The highest BCUT2D eigenvalue weighted by atomic mass is 16.1. The van der Waals surface area contributed by atoms with Gasteiger partial charge in [0, 0.05) is 24.3 Å². The molecule has 138 valence electrons. The SMILES string of the molecule is CC(C)N(Cc1cnn(C(C)(C)C)c1)Cc1nc2ccccc2c(=O)[nH]1. The van der Waals surface area contributed by atoms with E-state index in [1.165, 1.54) is 0 Å². The normalized spacial score (nSPS) is 12.4. The van der Waals surface area contributed by atoms with Crippen LogP contribution in [0.4, 0.5) is 0 Å². The minimum atomic E-state index is -0.0881. The molecule has 0 atom stereocenters. The van der Waals surface area contributed by atoms with E-state index in [4.69, 9.17) is 0 Å². The smallest absolute Gasteiger partial charge is 0.258 e. The number of benzene rings is 1. The molecule has 0 saturated carbocycles. The molecule has 2 heterocycles. The molecule has 0 unspecified atom stereocenters. The first-order chi connectivity index (χ1) is 12.2. The zero-order valence-electron chi connectivity index (χ0n) is 16.2. The summed E-state index contributed by atoms with van der Waals surface area (Å²) in [5.41, 5.74) is 1.76. The van der Waals surface area contributed by atoms with Crippen LogP contribution in [0.1, 0.15) is 46.0 Å². The van der Waals surface area contributed by atoms with E-state index in [2.05, 4.69) is 60.8 Å². The maximum Gasteiger partial charge on any atom is 0.258 e. The Hall–Kier alpha value is -2.47. The van der Waals surface area contributed by atoms with Gasteiger partial charge in [0.1, 0.15) is 5.82 Å². The first kappa shape index (κ1) is 18.3. The zero-order chi connectivity index (χ0) is 18.9. The van der Waals surface area contributed by atoms with Crippen LogP contribution in [0.15, 0.2) is 41.5 Å². The van der Waals surface area contributed by atoms with Crippen LogP contribution in [0.3, 0.4) is 0 Å². The highest BCUT2D eigenvalue weighted by molar-refractivity contribution is 5.77. The van der Waals surface area contributed by atoms with Gasteiger partial charge in [0.15, 0.2) is 0 Å². The third-order valence-electron chi connectivity index (χ3n) is 4.45. The van der Waals surface area contributed by atoms with Crippen molar-refractivity contribution in [1.29, 1.82) is 0 Å². The molecule has 0 fully saturated rings. The van der Waals surface area contributed by atoms with Crippen LogP contribution in [0.5, 0.6) is 0 Å². The Morgan fingerprint density at radius 1 is 1.19 bits per heavy atom. The fourth-order valence-corrected chi connectivity index (χ4v) is 2.87. The summed E-state index contributed by atoms with van der Waals surface area (Å²) in [5.74, 6) is 0.686. The van der Waals surface area contributed by atoms with E-state index < -0.39 is 0 Å². The Morgan fingerprint density at radius 3 is 2.58 bits per heavy atom. The highest BCUT2D eigenvalue weighted by Gasteiger charge is 2.17. The summed E-state index contributed by atoms with van der Waals surface area (Å²) in [6, 6.07) is 7.74. The van der Waals surface area contributed by atoms with Crippen LogP contribution in [-0.4, -0.2) is 30.7 Å². The van der Waals surface area contributed by atoms with Crippen LogP contribution in [-0.2, 0) is 18.6 Å². The summed E-state index contributed by atoms with van der Waals surface area (Å²) < 4.78 is 1.98. The number of para-hydroxylation sites is 1. The van der Waals surface area contributed by atoms with E-state index >= 15 is 0 Å². The Kier molecular flexibility index (Phi) is 4.96. The third kappa shape index (κ3) is 4.02. The molecular weight excluding hydrogens is 326 g/mol. The number of fused-ring (bicyclic) bond motifs is 1. The topological polar surface area (TPSA) is 66.8 Å². The van der Waals surface area contributed by atoms with Gasteiger partial charge in [0.25, 0.3) is 5.56 Å². The second-order valence-electron chi connectivity index (χ2n) is 7.99. The molecule has 3 rings (SSSR count). The molecule has 0 aliphatic carbocycles. The Balaban J connectivity index is 1.83. The summed E-state index contributed by atoms with van der Waals surface area (Å²) in [5, 5.41) is 5.10. The van der Waals surface area contributed by atoms with Crippen LogP contribution in [0, 0.1) is 0 Å². The zero-order valence-corrected chi connectivity index (χ0v) is 16.2. The number of H-pyrrole nitrogens is 1. The van der Waals surface area contributed by atoms with Gasteiger partial charge in [0.2, 0.25) is 0 Å². The fraction of sp³-hybridized carbons (Fsp3) is 0.450. The molecule has 0 bridgehead atoms.